The fraction of sp³-hybridized carbons (Fsp3) is 0.500. The van der Waals surface area contributed by atoms with Crippen LogP contribution in [0.2, 0.25) is 5.02 Å². The lowest BCUT2D eigenvalue weighted by Crippen LogP contribution is -2.49. The van der Waals surface area contributed by atoms with E-state index >= 15 is 0 Å². The number of hydrogen-bond acceptors (Lipinski definition) is 7. The van der Waals surface area contributed by atoms with Crippen molar-refractivity contribution >= 4 is 33.2 Å². The van der Waals surface area contributed by atoms with Crippen LogP contribution in [0.1, 0.15) is 43.7 Å². The van der Waals surface area contributed by atoms with E-state index in [2.05, 4.69) is 27.1 Å². The molecule has 1 saturated carbocycles. The summed E-state index contributed by atoms with van der Waals surface area (Å²) in [5, 5.41) is 14.7. The molecule has 40 heavy (non-hydrogen) atoms. The maximum Gasteiger partial charge on any atom is 0.264 e. The molecular formula is C30H36ClN3O5S. The smallest absolute Gasteiger partial charge is 0.264 e. The summed E-state index contributed by atoms with van der Waals surface area (Å²) in [4.78, 5) is 15.0. The lowest BCUT2D eigenvalue weighted by molar-refractivity contribution is -0.120. The molecule has 2 bridgehead atoms. The number of aliphatic hydroxyl groups excluding tert-OH is 1. The first kappa shape index (κ1) is 27.6. The van der Waals surface area contributed by atoms with Crippen LogP contribution >= 0.6 is 11.6 Å². The molecule has 3 N–H and O–H groups in total. The summed E-state index contributed by atoms with van der Waals surface area (Å²) in [6.07, 6.45) is 7.85. The average Bonchev–Trinajstić information content (AvgIpc) is 3.05. The largest absolute Gasteiger partial charge is 0.490 e. The van der Waals surface area contributed by atoms with E-state index in [9.17, 15) is 18.3 Å². The van der Waals surface area contributed by atoms with Gasteiger partial charge in [0.2, 0.25) is 0 Å². The average molecular weight is 586 g/mol. The van der Waals surface area contributed by atoms with Gasteiger partial charge in [-0.15, -0.1) is 0 Å². The Morgan fingerprint density at radius 1 is 1.18 bits per heavy atom. The monoisotopic (exact) mass is 585 g/mol. The molecule has 1 spiro atoms. The number of rotatable bonds is 0. The molecule has 2 aliphatic carbocycles. The molecule has 8 nitrogen and oxygen atoms in total. The number of amides is 1. The Morgan fingerprint density at radius 2 is 2.02 bits per heavy atom. The summed E-state index contributed by atoms with van der Waals surface area (Å²) in [5.41, 5.74) is 2.88. The number of anilines is 1. The molecule has 1 amide bonds. The van der Waals surface area contributed by atoms with Crippen LogP contribution in [0.15, 0.2) is 53.4 Å². The number of sulfonamides is 1. The van der Waals surface area contributed by atoms with Crippen molar-refractivity contribution in [2.75, 3.05) is 31.1 Å². The second-order valence-electron chi connectivity index (χ2n) is 11.8. The molecule has 5 atom stereocenters. The molecule has 0 aromatic heterocycles. The summed E-state index contributed by atoms with van der Waals surface area (Å²) >= 11 is 6.36. The van der Waals surface area contributed by atoms with Crippen LogP contribution in [0.25, 0.3) is 0 Å². The van der Waals surface area contributed by atoms with Gasteiger partial charge in [-0.1, -0.05) is 29.8 Å². The molecule has 0 unspecified atom stereocenters. The van der Waals surface area contributed by atoms with E-state index < -0.39 is 28.1 Å². The number of nitrogens with one attached hydrogen (secondary N) is 2. The van der Waals surface area contributed by atoms with Crippen molar-refractivity contribution in [1.82, 2.24) is 10.0 Å². The molecule has 0 radical (unpaired) electrons. The lowest BCUT2D eigenvalue weighted by atomic mass is 9.68. The highest BCUT2D eigenvalue weighted by Gasteiger charge is 2.44. The lowest BCUT2D eigenvalue weighted by Gasteiger charge is -2.45. The first-order chi connectivity index (χ1) is 19.1. The van der Waals surface area contributed by atoms with Crippen molar-refractivity contribution in [2.45, 2.75) is 61.5 Å². The Balaban J connectivity index is 1.43. The number of aryl methyl sites for hydroxylation is 1. The number of hydrogen-bond donors (Lipinski definition) is 3. The Morgan fingerprint density at radius 3 is 2.83 bits per heavy atom. The molecule has 2 aliphatic heterocycles. The van der Waals surface area contributed by atoms with E-state index in [0.29, 0.717) is 37.7 Å². The van der Waals surface area contributed by atoms with Crippen LogP contribution in [0.5, 0.6) is 5.75 Å². The minimum atomic E-state index is -4.11. The third-order valence-electron chi connectivity index (χ3n) is 9.19. The SMILES string of the molecule is C[C@@H]1NCC=C[C@H](O)[C@@H]2CC[C@H]2CN2C[C@@]3(CCCc4cc(Cl)ccc43)COc3ccc(cc32)S(=O)(=O)NC1=O. The topological polar surface area (TPSA) is 108 Å². The van der Waals surface area contributed by atoms with Gasteiger partial charge < -0.3 is 20.1 Å². The first-order valence-corrected chi connectivity index (χ1v) is 16.0. The number of nitrogens with zero attached hydrogens (tertiary/aromatic N) is 1. The summed E-state index contributed by atoms with van der Waals surface area (Å²) in [5.74, 6) is 0.337. The number of halogens is 1. The number of ether oxygens (including phenoxy) is 1. The third-order valence-corrected chi connectivity index (χ3v) is 10.8. The minimum absolute atomic E-state index is 0.0179. The standard InChI is InChI=1S/C30H36ClN3O5S/c1-19-29(36)33-40(37,38)23-8-11-28-26(15-23)34(16-21-6-9-24(21)27(35)5-3-13-32-19)17-30(18-39-28)12-2-4-20-14-22(31)7-10-25(20)30/h3,5,7-8,10-11,14-15,19,21,24,27,32,35H,2,4,6,9,12-13,16-18H2,1H3,(H,33,36)/t19-,21-,24+,27-,30-/m0/s1. The number of carbonyl (C=O) groups is 1. The van der Waals surface area contributed by atoms with Crippen LogP contribution in [0.3, 0.4) is 0 Å². The predicted molar refractivity (Wildman–Crippen MR) is 154 cm³/mol. The molecule has 2 heterocycles. The molecule has 2 aromatic rings. The van der Waals surface area contributed by atoms with E-state index in [4.69, 9.17) is 16.3 Å². The second-order valence-corrected chi connectivity index (χ2v) is 13.9. The normalized spacial score (nSPS) is 31.7. The fourth-order valence-electron chi connectivity index (χ4n) is 6.78. The van der Waals surface area contributed by atoms with Crippen LogP contribution in [-0.2, 0) is 26.7 Å². The predicted octanol–water partition coefficient (Wildman–Crippen LogP) is 3.55. The summed E-state index contributed by atoms with van der Waals surface area (Å²) in [6.45, 7) is 3.75. The molecule has 2 aromatic carbocycles. The van der Waals surface area contributed by atoms with Crippen molar-refractivity contribution in [3.8, 4) is 5.75 Å². The Bertz CT molecular complexity index is 1450. The van der Waals surface area contributed by atoms with Gasteiger partial charge in [-0.3, -0.25) is 4.79 Å². The highest BCUT2D eigenvalue weighted by atomic mass is 35.5. The maximum atomic E-state index is 13.3. The quantitative estimate of drug-likeness (QED) is 0.406. The van der Waals surface area contributed by atoms with Gasteiger partial charge in [0, 0.05) is 30.1 Å². The van der Waals surface area contributed by atoms with E-state index in [1.807, 2.05) is 12.1 Å². The molecule has 4 aliphatic rings. The number of carbonyl (C=O) groups excluding carboxylic acids is 1. The van der Waals surface area contributed by atoms with E-state index in [1.54, 1.807) is 25.1 Å². The summed E-state index contributed by atoms with van der Waals surface area (Å²) in [7, 11) is -4.11. The Labute approximate surface area is 240 Å². The highest BCUT2D eigenvalue weighted by Crippen LogP contribution is 2.47. The zero-order valence-corrected chi connectivity index (χ0v) is 24.2. The Kier molecular flexibility index (Phi) is 7.36. The van der Waals surface area contributed by atoms with Crippen molar-refractivity contribution in [3.05, 3.63) is 64.7 Å². The van der Waals surface area contributed by atoms with Crippen LogP contribution in [0.4, 0.5) is 5.69 Å². The van der Waals surface area contributed by atoms with Crippen molar-refractivity contribution in [1.29, 1.82) is 0 Å². The molecule has 214 valence electrons. The van der Waals surface area contributed by atoms with Gasteiger partial charge in [-0.25, -0.2) is 13.1 Å². The zero-order valence-electron chi connectivity index (χ0n) is 22.6. The van der Waals surface area contributed by atoms with Crippen LogP contribution in [0, 0.1) is 11.8 Å². The van der Waals surface area contributed by atoms with Crippen LogP contribution < -0.4 is 19.7 Å². The summed E-state index contributed by atoms with van der Waals surface area (Å²) < 4.78 is 35.3. The van der Waals surface area contributed by atoms with Crippen molar-refractivity contribution in [2.24, 2.45) is 11.8 Å². The number of benzene rings is 2. The zero-order chi connectivity index (χ0) is 28.1. The van der Waals surface area contributed by atoms with E-state index in [0.717, 1.165) is 37.1 Å². The number of fused-ring (bicyclic) bond motifs is 4. The molecule has 0 saturated heterocycles. The second kappa shape index (κ2) is 10.7. The molecule has 1 fully saturated rings. The number of aliphatic hydroxyl groups is 1. The molecular weight excluding hydrogens is 550 g/mol. The van der Waals surface area contributed by atoms with Gasteiger partial charge in [-0.05, 0) is 92.3 Å². The fourth-order valence-corrected chi connectivity index (χ4v) is 8.05. The van der Waals surface area contributed by atoms with Gasteiger partial charge in [-0.2, -0.15) is 0 Å². The maximum absolute atomic E-state index is 13.3. The van der Waals surface area contributed by atoms with Crippen LogP contribution in [-0.4, -0.2) is 57.8 Å². The van der Waals surface area contributed by atoms with Crippen molar-refractivity contribution < 1.29 is 23.1 Å². The Hall–Kier alpha value is -2.59. The van der Waals surface area contributed by atoms with Gasteiger partial charge in [0.05, 0.1) is 29.3 Å². The van der Waals surface area contributed by atoms with Gasteiger partial charge in [0.25, 0.3) is 15.9 Å². The van der Waals surface area contributed by atoms with Gasteiger partial charge in [0.15, 0.2) is 0 Å². The molecule has 10 heteroatoms. The van der Waals surface area contributed by atoms with E-state index in [1.165, 1.54) is 17.2 Å². The van der Waals surface area contributed by atoms with E-state index in [-0.39, 0.29) is 22.1 Å². The highest BCUT2D eigenvalue weighted by molar-refractivity contribution is 7.90. The van der Waals surface area contributed by atoms with Gasteiger partial charge in [0.1, 0.15) is 5.75 Å². The van der Waals surface area contributed by atoms with Gasteiger partial charge >= 0.3 is 0 Å². The molecule has 6 rings (SSSR count). The first-order valence-electron chi connectivity index (χ1n) is 14.1. The summed E-state index contributed by atoms with van der Waals surface area (Å²) in [6, 6.07) is 10.2. The third kappa shape index (κ3) is 5.13. The minimum Gasteiger partial charge on any atom is -0.490 e. The van der Waals surface area contributed by atoms with Crippen molar-refractivity contribution in [3.63, 3.8) is 0 Å².